The number of imidazole rings is 1. The number of likely N-dealkylation sites (N-methyl/N-ethyl adjacent to an activating group) is 1. The molecule has 0 fully saturated rings. The van der Waals surface area contributed by atoms with E-state index in [1.165, 1.54) is 11.1 Å². The molecule has 1 aromatic heterocycles. The maximum absolute atomic E-state index is 4.66. The van der Waals surface area contributed by atoms with Gasteiger partial charge in [0.15, 0.2) is 5.96 Å². The molecule has 2 heterocycles. The fourth-order valence-electron chi connectivity index (χ4n) is 4.35. The zero-order valence-electron chi connectivity index (χ0n) is 23.5. The smallest absolute Gasteiger partial charge is 0.199 e. The molecule has 2 aromatic rings. The normalized spacial score (nSPS) is 18.4. The highest BCUT2D eigenvalue weighted by Gasteiger charge is 2.25. The van der Waals surface area contributed by atoms with Crippen LogP contribution in [0.25, 0.3) is 0 Å². The molecule has 198 valence electrons. The van der Waals surface area contributed by atoms with Crippen LogP contribution in [0.1, 0.15) is 66.6 Å². The van der Waals surface area contributed by atoms with E-state index < -0.39 is 0 Å². The van der Waals surface area contributed by atoms with Crippen LogP contribution >= 0.6 is 0 Å². The van der Waals surface area contributed by atoms with Gasteiger partial charge in [0, 0.05) is 52.7 Å². The topological polar surface area (TPSA) is 73.1 Å². The molecule has 0 bridgehead atoms. The third-order valence-corrected chi connectivity index (χ3v) is 6.84. The average molecular weight is 495 g/mol. The van der Waals surface area contributed by atoms with Crippen molar-refractivity contribution in [1.29, 1.82) is 0 Å². The third kappa shape index (κ3) is 6.47. The summed E-state index contributed by atoms with van der Waals surface area (Å²) in [4.78, 5) is 17.8. The summed E-state index contributed by atoms with van der Waals surface area (Å²) in [6.07, 6.45) is 8.60. The number of nitrogens with zero attached hydrogens (tertiary/aromatic N) is 6. The van der Waals surface area contributed by atoms with Gasteiger partial charge in [-0.25, -0.2) is 4.98 Å². The Morgan fingerprint density at radius 3 is 2.61 bits per heavy atom. The Hall–Kier alpha value is -3.29. The summed E-state index contributed by atoms with van der Waals surface area (Å²) in [6.45, 7) is 17.1. The minimum atomic E-state index is 0. The van der Waals surface area contributed by atoms with Crippen LogP contribution in [0.15, 0.2) is 58.4 Å². The van der Waals surface area contributed by atoms with Crippen LogP contribution in [0.5, 0.6) is 0 Å². The first-order valence-electron chi connectivity index (χ1n) is 12.9. The van der Waals surface area contributed by atoms with Crippen molar-refractivity contribution in [1.82, 2.24) is 24.7 Å². The van der Waals surface area contributed by atoms with Crippen LogP contribution in [0.4, 0.5) is 5.69 Å². The first kappa shape index (κ1) is 27.3. The fraction of sp³-hybridized carbons (Fsp3) is 0.536. The Balaban J connectivity index is 0.00000481. The van der Waals surface area contributed by atoms with Crippen molar-refractivity contribution in [2.75, 3.05) is 32.5 Å². The van der Waals surface area contributed by atoms with Gasteiger partial charge < -0.3 is 25.0 Å². The molecule has 2 N–H and O–H groups in total. The van der Waals surface area contributed by atoms with E-state index in [2.05, 4.69) is 107 Å². The van der Waals surface area contributed by atoms with Crippen molar-refractivity contribution in [3.05, 3.63) is 59.6 Å². The number of hydrogen-bond acceptors (Lipinski definition) is 5. The lowest BCUT2D eigenvalue weighted by Gasteiger charge is -2.30. The molecule has 0 aliphatic carbocycles. The zero-order valence-corrected chi connectivity index (χ0v) is 23.5. The summed E-state index contributed by atoms with van der Waals surface area (Å²) in [5.74, 6) is 1.74. The molecule has 2 atom stereocenters. The molecule has 1 aliphatic rings. The molecular formula is C28H46N8. The zero-order chi connectivity index (χ0) is 26.5. The maximum Gasteiger partial charge on any atom is 0.199 e. The molecule has 1 aliphatic heterocycles. The highest BCUT2D eigenvalue weighted by molar-refractivity contribution is 5.83. The molecule has 0 saturated carbocycles. The first-order valence-corrected chi connectivity index (χ1v) is 12.9. The lowest BCUT2D eigenvalue weighted by atomic mass is 9.86. The number of aromatic nitrogens is 2. The van der Waals surface area contributed by atoms with Gasteiger partial charge in [0.2, 0.25) is 0 Å². The number of anilines is 1. The van der Waals surface area contributed by atoms with Crippen molar-refractivity contribution in [2.24, 2.45) is 9.98 Å². The first-order chi connectivity index (χ1) is 17.0. The van der Waals surface area contributed by atoms with Crippen molar-refractivity contribution in [3.63, 3.8) is 0 Å². The Bertz CT molecular complexity index is 1080. The molecule has 1 aromatic carbocycles. The van der Waals surface area contributed by atoms with Gasteiger partial charge in [-0.3, -0.25) is 9.98 Å². The van der Waals surface area contributed by atoms with Crippen LogP contribution < -0.4 is 10.6 Å². The van der Waals surface area contributed by atoms with E-state index in [1.54, 1.807) is 0 Å². The summed E-state index contributed by atoms with van der Waals surface area (Å²) in [6, 6.07) is 7.05. The molecule has 8 nitrogen and oxygen atoms in total. The SMILES string of the molecule is CCN(CCC(C)n1ccnc1)C(=NC)N/C(Nc1cc(C(C)(C)C)ccc1C)=C1\C(C)N=CN1C.[HH]. The summed E-state index contributed by atoms with van der Waals surface area (Å²) in [7, 11) is 3.88. The molecule has 2 unspecified atom stereocenters. The Labute approximate surface area is 218 Å². The Morgan fingerprint density at radius 1 is 1.31 bits per heavy atom. The minimum absolute atomic E-state index is 0. The maximum atomic E-state index is 4.66. The van der Waals surface area contributed by atoms with E-state index in [4.69, 9.17) is 0 Å². The second kappa shape index (κ2) is 11.6. The van der Waals surface area contributed by atoms with Gasteiger partial charge in [-0.15, -0.1) is 0 Å². The summed E-state index contributed by atoms with van der Waals surface area (Å²) in [5.41, 5.74) is 4.70. The highest BCUT2D eigenvalue weighted by atomic mass is 15.3. The van der Waals surface area contributed by atoms with Crippen LogP contribution in [0.2, 0.25) is 0 Å². The van der Waals surface area contributed by atoms with Crippen molar-refractivity contribution in [2.45, 2.75) is 72.4 Å². The van der Waals surface area contributed by atoms with Gasteiger partial charge in [-0.1, -0.05) is 32.9 Å². The molecular weight excluding hydrogens is 448 g/mol. The standard InChI is InChI=1S/C28H44N8.H2/c1-10-35(15-13-21(3)36-16-14-30-18-36)27(29-8)33-26(25-22(4)31-19-34(25)9)32-24-17-23(28(5,6)7)12-11-20(24)2;/h11-12,14,16-19,21-22,32H,10,13,15H2,1-9H3,(H,29,33);1H/b26-25+;. The van der Waals surface area contributed by atoms with E-state index in [0.29, 0.717) is 6.04 Å². The molecule has 36 heavy (non-hydrogen) atoms. The molecule has 0 spiro atoms. The molecule has 0 radical (unpaired) electrons. The van der Waals surface area contributed by atoms with Gasteiger partial charge in [-0.05, 0) is 56.7 Å². The van der Waals surface area contributed by atoms with Crippen LogP contribution in [0.3, 0.4) is 0 Å². The lowest BCUT2D eigenvalue weighted by molar-refractivity contribution is 0.372. The van der Waals surface area contributed by atoms with E-state index >= 15 is 0 Å². The fourth-order valence-corrected chi connectivity index (χ4v) is 4.35. The Kier molecular flexibility index (Phi) is 8.82. The van der Waals surface area contributed by atoms with Crippen molar-refractivity contribution in [3.8, 4) is 0 Å². The minimum Gasteiger partial charge on any atom is -0.343 e. The lowest BCUT2D eigenvalue weighted by Crippen LogP contribution is -2.44. The van der Waals surface area contributed by atoms with E-state index in [9.17, 15) is 0 Å². The number of aryl methyl sites for hydroxylation is 1. The third-order valence-electron chi connectivity index (χ3n) is 6.84. The Morgan fingerprint density at radius 2 is 2.06 bits per heavy atom. The number of nitrogens with one attached hydrogen (secondary N) is 2. The quantitative estimate of drug-likeness (QED) is 0.388. The largest absolute Gasteiger partial charge is 0.343 e. The van der Waals surface area contributed by atoms with Crippen molar-refractivity contribution >= 4 is 18.0 Å². The molecule has 3 rings (SSSR count). The number of guanidine groups is 1. The van der Waals surface area contributed by atoms with E-state index in [0.717, 1.165) is 42.7 Å². The highest BCUT2D eigenvalue weighted by Crippen LogP contribution is 2.29. The van der Waals surface area contributed by atoms with Gasteiger partial charge in [0.25, 0.3) is 0 Å². The van der Waals surface area contributed by atoms with Crippen molar-refractivity contribution < 1.29 is 1.43 Å². The predicted octanol–water partition coefficient (Wildman–Crippen LogP) is 5.23. The number of hydrogen-bond donors (Lipinski definition) is 2. The van der Waals surface area contributed by atoms with Gasteiger partial charge in [0.1, 0.15) is 5.82 Å². The molecule has 0 saturated heterocycles. The number of benzene rings is 1. The van der Waals surface area contributed by atoms with Crippen LogP contribution in [-0.2, 0) is 5.41 Å². The van der Waals surface area contributed by atoms with E-state index in [-0.39, 0.29) is 12.9 Å². The monoisotopic (exact) mass is 494 g/mol. The van der Waals surface area contributed by atoms with Gasteiger partial charge >= 0.3 is 0 Å². The summed E-state index contributed by atoms with van der Waals surface area (Å²) in [5, 5.41) is 7.37. The summed E-state index contributed by atoms with van der Waals surface area (Å²) >= 11 is 0. The average Bonchev–Trinajstić information content (AvgIpc) is 3.48. The molecule has 8 heteroatoms. The van der Waals surface area contributed by atoms with Gasteiger partial charge in [0.05, 0.1) is 24.4 Å². The number of rotatable bonds is 8. The predicted molar refractivity (Wildman–Crippen MR) is 154 cm³/mol. The summed E-state index contributed by atoms with van der Waals surface area (Å²) < 4.78 is 2.15. The second-order valence-corrected chi connectivity index (χ2v) is 10.6. The number of aliphatic imine (C=N–C) groups is 2. The van der Waals surface area contributed by atoms with E-state index in [1.807, 2.05) is 39.2 Å². The van der Waals surface area contributed by atoms with Crippen LogP contribution in [0, 0.1) is 6.92 Å². The molecule has 0 amide bonds. The second-order valence-electron chi connectivity index (χ2n) is 10.6. The van der Waals surface area contributed by atoms with Gasteiger partial charge in [-0.2, -0.15) is 0 Å². The van der Waals surface area contributed by atoms with Crippen LogP contribution in [-0.4, -0.2) is 64.9 Å².